The van der Waals surface area contributed by atoms with Gasteiger partial charge < -0.3 is 10.2 Å². The van der Waals surface area contributed by atoms with Gasteiger partial charge in [0.05, 0.1) is 6.67 Å². The van der Waals surface area contributed by atoms with E-state index in [2.05, 4.69) is 19.2 Å². The normalized spacial score (nSPS) is 13.7. The Labute approximate surface area is 98.4 Å². The van der Waals surface area contributed by atoms with Gasteiger partial charge in [-0.15, -0.1) is 0 Å². The molecule has 5 nitrogen and oxygen atoms in total. The van der Waals surface area contributed by atoms with Crippen LogP contribution < -0.4 is 5.32 Å². The van der Waals surface area contributed by atoms with E-state index in [4.69, 9.17) is 15.1 Å². The highest BCUT2D eigenvalue weighted by molar-refractivity contribution is 4.57. The molecule has 0 saturated heterocycles. The van der Waals surface area contributed by atoms with Crippen molar-refractivity contribution < 1.29 is 15.1 Å². The standard InChI is InChI=1S/C11H26N2O3/c1-4-11(5-2)6-7-13(16-9-14)8-12-10(3)15/h10-12,14-15H,4-9H2,1-3H3. The average Bonchev–Trinajstić information content (AvgIpc) is 2.26. The third-order valence-electron chi connectivity index (χ3n) is 2.74. The largest absolute Gasteiger partial charge is 0.379 e. The Balaban J connectivity index is 3.82. The van der Waals surface area contributed by atoms with Crippen LogP contribution in [0.4, 0.5) is 0 Å². The molecule has 0 rings (SSSR count). The first kappa shape index (κ1) is 15.8. The van der Waals surface area contributed by atoms with Crippen molar-refractivity contribution in [2.24, 2.45) is 5.92 Å². The highest BCUT2D eigenvalue weighted by Gasteiger charge is 2.09. The van der Waals surface area contributed by atoms with Gasteiger partial charge in [-0.2, -0.15) is 5.06 Å². The molecule has 3 N–H and O–H groups in total. The summed E-state index contributed by atoms with van der Waals surface area (Å²) >= 11 is 0. The molecule has 1 unspecified atom stereocenters. The van der Waals surface area contributed by atoms with Gasteiger partial charge in [0.2, 0.25) is 0 Å². The van der Waals surface area contributed by atoms with Crippen molar-refractivity contribution >= 4 is 0 Å². The predicted octanol–water partition coefficient (Wildman–Crippen LogP) is 0.881. The van der Waals surface area contributed by atoms with Crippen molar-refractivity contribution in [3.05, 3.63) is 0 Å². The van der Waals surface area contributed by atoms with Crippen molar-refractivity contribution in [3.8, 4) is 0 Å². The van der Waals surface area contributed by atoms with Crippen molar-refractivity contribution in [1.29, 1.82) is 0 Å². The second-order valence-electron chi connectivity index (χ2n) is 3.97. The van der Waals surface area contributed by atoms with Crippen LogP contribution in [0, 0.1) is 5.92 Å². The molecule has 0 aliphatic heterocycles. The van der Waals surface area contributed by atoms with Crippen LogP contribution in [0.3, 0.4) is 0 Å². The summed E-state index contributed by atoms with van der Waals surface area (Å²) in [5, 5.41) is 22.3. The van der Waals surface area contributed by atoms with Crippen LogP contribution in [-0.4, -0.2) is 41.5 Å². The first-order valence-corrected chi connectivity index (χ1v) is 6.04. The fourth-order valence-electron chi connectivity index (χ4n) is 1.53. The van der Waals surface area contributed by atoms with Crippen molar-refractivity contribution in [2.75, 3.05) is 20.0 Å². The molecule has 0 aromatic carbocycles. The quantitative estimate of drug-likeness (QED) is 0.387. The summed E-state index contributed by atoms with van der Waals surface area (Å²) < 4.78 is 0. The minimum absolute atomic E-state index is 0.329. The Morgan fingerprint density at radius 1 is 1.31 bits per heavy atom. The van der Waals surface area contributed by atoms with Gasteiger partial charge in [0, 0.05) is 6.54 Å². The Kier molecular flexibility index (Phi) is 9.86. The van der Waals surface area contributed by atoms with Gasteiger partial charge in [0.15, 0.2) is 6.79 Å². The van der Waals surface area contributed by atoms with E-state index in [1.807, 2.05) is 0 Å². The third kappa shape index (κ3) is 8.01. The summed E-state index contributed by atoms with van der Waals surface area (Å²) in [7, 11) is 0. The molecule has 0 aliphatic rings. The number of hydrogen-bond donors (Lipinski definition) is 3. The lowest BCUT2D eigenvalue weighted by Crippen LogP contribution is -2.39. The van der Waals surface area contributed by atoms with Crippen LogP contribution in [0.15, 0.2) is 0 Å². The van der Waals surface area contributed by atoms with Gasteiger partial charge in [-0.05, 0) is 19.3 Å². The Morgan fingerprint density at radius 3 is 2.38 bits per heavy atom. The second kappa shape index (κ2) is 9.99. The monoisotopic (exact) mass is 234 g/mol. The van der Waals surface area contributed by atoms with E-state index in [-0.39, 0.29) is 6.79 Å². The Hall–Kier alpha value is -0.200. The number of hydrogen-bond acceptors (Lipinski definition) is 5. The molecule has 1 atom stereocenters. The van der Waals surface area contributed by atoms with Gasteiger partial charge in [0.25, 0.3) is 0 Å². The minimum Gasteiger partial charge on any atom is -0.379 e. The van der Waals surface area contributed by atoms with E-state index in [0.717, 1.165) is 25.8 Å². The van der Waals surface area contributed by atoms with E-state index in [1.165, 1.54) is 0 Å². The van der Waals surface area contributed by atoms with Crippen molar-refractivity contribution in [2.45, 2.75) is 46.3 Å². The lowest BCUT2D eigenvalue weighted by molar-refractivity contribution is -0.217. The summed E-state index contributed by atoms with van der Waals surface area (Å²) in [6.45, 7) is 6.85. The second-order valence-corrected chi connectivity index (χ2v) is 3.97. The molecule has 98 valence electrons. The van der Waals surface area contributed by atoms with Crippen LogP contribution in [0.2, 0.25) is 0 Å². The zero-order valence-electron chi connectivity index (χ0n) is 10.6. The summed E-state index contributed by atoms with van der Waals surface area (Å²) in [4.78, 5) is 5.05. The maximum atomic E-state index is 9.08. The van der Waals surface area contributed by atoms with Crippen LogP contribution in [-0.2, 0) is 4.84 Å². The molecule has 0 heterocycles. The van der Waals surface area contributed by atoms with E-state index in [1.54, 1.807) is 12.0 Å². The number of aliphatic hydroxyl groups excluding tert-OH is 2. The fourth-order valence-corrected chi connectivity index (χ4v) is 1.53. The minimum atomic E-state index is -0.571. The smallest absolute Gasteiger partial charge is 0.164 e. The van der Waals surface area contributed by atoms with E-state index in [9.17, 15) is 0 Å². The molecule has 0 aromatic heterocycles. The summed E-state index contributed by atoms with van der Waals surface area (Å²) in [6, 6.07) is 0. The molecular formula is C11H26N2O3. The van der Waals surface area contributed by atoms with Crippen LogP contribution in [0.5, 0.6) is 0 Å². The molecule has 0 aliphatic carbocycles. The average molecular weight is 234 g/mol. The number of rotatable bonds is 10. The zero-order valence-corrected chi connectivity index (χ0v) is 10.6. The highest BCUT2D eigenvalue weighted by atomic mass is 16.7. The summed E-state index contributed by atoms with van der Waals surface area (Å²) in [5.41, 5.74) is 0. The van der Waals surface area contributed by atoms with Gasteiger partial charge in [-0.1, -0.05) is 26.7 Å². The molecule has 0 bridgehead atoms. The molecule has 0 fully saturated rings. The number of aliphatic hydroxyl groups is 2. The molecule has 0 amide bonds. The van der Waals surface area contributed by atoms with Gasteiger partial charge in [-0.3, -0.25) is 10.2 Å². The lowest BCUT2D eigenvalue weighted by atomic mass is 10.00. The maximum absolute atomic E-state index is 9.08. The molecule has 0 spiro atoms. The van der Waals surface area contributed by atoms with Crippen LogP contribution in [0.25, 0.3) is 0 Å². The summed E-state index contributed by atoms with van der Waals surface area (Å²) in [6.07, 6.45) is 2.78. The lowest BCUT2D eigenvalue weighted by Gasteiger charge is -2.23. The van der Waals surface area contributed by atoms with Gasteiger partial charge in [0.1, 0.15) is 6.23 Å². The van der Waals surface area contributed by atoms with Gasteiger partial charge >= 0.3 is 0 Å². The molecule has 5 heteroatoms. The molecule has 16 heavy (non-hydrogen) atoms. The maximum Gasteiger partial charge on any atom is 0.164 e. The predicted molar refractivity (Wildman–Crippen MR) is 63.2 cm³/mol. The molecule has 0 saturated carbocycles. The number of hydroxylamine groups is 2. The van der Waals surface area contributed by atoms with Gasteiger partial charge in [-0.25, -0.2) is 0 Å². The van der Waals surface area contributed by atoms with E-state index < -0.39 is 6.23 Å². The Bertz CT molecular complexity index is 152. The van der Waals surface area contributed by atoms with Crippen LogP contribution >= 0.6 is 0 Å². The molecule has 0 aromatic rings. The first-order chi connectivity index (χ1) is 7.63. The zero-order chi connectivity index (χ0) is 12.4. The van der Waals surface area contributed by atoms with E-state index in [0.29, 0.717) is 12.6 Å². The van der Waals surface area contributed by atoms with E-state index >= 15 is 0 Å². The van der Waals surface area contributed by atoms with Crippen molar-refractivity contribution in [3.63, 3.8) is 0 Å². The SMILES string of the molecule is CCC(CC)CCN(CNC(C)O)OCO. The third-order valence-corrected chi connectivity index (χ3v) is 2.74. The Morgan fingerprint density at radius 2 is 1.94 bits per heavy atom. The topological polar surface area (TPSA) is 65.0 Å². The molecule has 0 radical (unpaired) electrons. The first-order valence-electron chi connectivity index (χ1n) is 6.04. The molecular weight excluding hydrogens is 208 g/mol. The fraction of sp³-hybridized carbons (Fsp3) is 1.00. The van der Waals surface area contributed by atoms with Crippen LogP contribution in [0.1, 0.15) is 40.0 Å². The number of nitrogens with zero attached hydrogens (tertiary/aromatic N) is 1. The highest BCUT2D eigenvalue weighted by Crippen LogP contribution is 2.12. The summed E-state index contributed by atoms with van der Waals surface area (Å²) in [5.74, 6) is 0.691. The number of nitrogens with one attached hydrogen (secondary N) is 1. The van der Waals surface area contributed by atoms with Crippen molar-refractivity contribution in [1.82, 2.24) is 10.4 Å².